The monoisotopic (exact) mass is 283 g/mol. The molecule has 0 fully saturated rings. The fourth-order valence-electron chi connectivity index (χ4n) is 1.50. The molecule has 0 spiro atoms. The van der Waals surface area contributed by atoms with Crippen LogP contribution >= 0.6 is 0 Å². The van der Waals surface area contributed by atoms with E-state index in [0.29, 0.717) is 12.1 Å². The van der Waals surface area contributed by atoms with Crippen molar-refractivity contribution < 1.29 is 19.6 Å². The molecule has 0 radical (unpaired) electrons. The van der Waals surface area contributed by atoms with Crippen LogP contribution in [0, 0.1) is 10.1 Å². The number of aliphatic hydroxyl groups is 1. The van der Waals surface area contributed by atoms with Gasteiger partial charge in [-0.25, -0.2) is 4.79 Å². The molecule has 0 aromatic heterocycles. The Bertz CT molecular complexity index is 466. The van der Waals surface area contributed by atoms with Crippen molar-refractivity contribution in [2.75, 3.05) is 25.6 Å². The highest BCUT2D eigenvalue weighted by Gasteiger charge is 2.08. The van der Waals surface area contributed by atoms with E-state index in [-0.39, 0.29) is 18.8 Å². The van der Waals surface area contributed by atoms with Gasteiger partial charge in [-0.1, -0.05) is 6.07 Å². The van der Waals surface area contributed by atoms with Crippen LogP contribution in [0.4, 0.5) is 16.2 Å². The Labute approximate surface area is 115 Å². The summed E-state index contributed by atoms with van der Waals surface area (Å²) >= 11 is 0. The van der Waals surface area contributed by atoms with E-state index in [9.17, 15) is 20.0 Å². The van der Waals surface area contributed by atoms with Crippen LogP contribution < -0.4 is 10.6 Å². The first-order valence-corrected chi connectivity index (χ1v) is 5.99. The molecular weight excluding hydrogens is 266 g/mol. The molecule has 1 rings (SSSR count). The maximum atomic E-state index is 11.5. The van der Waals surface area contributed by atoms with Crippen LogP contribution in [0.1, 0.15) is 6.42 Å². The first kappa shape index (κ1) is 15.9. The molecule has 0 aliphatic heterocycles. The van der Waals surface area contributed by atoms with Gasteiger partial charge in [-0.3, -0.25) is 10.1 Å². The molecule has 8 heteroatoms. The number of amides is 2. The highest BCUT2D eigenvalue weighted by Crippen LogP contribution is 2.16. The molecule has 3 N–H and O–H groups in total. The number of nitrogens with zero attached hydrogens (tertiary/aromatic N) is 1. The molecule has 0 aliphatic rings. The quantitative estimate of drug-likeness (QED) is 0.512. The van der Waals surface area contributed by atoms with E-state index in [1.54, 1.807) is 6.07 Å². The molecule has 1 aromatic rings. The van der Waals surface area contributed by atoms with Crippen molar-refractivity contribution in [2.24, 2.45) is 0 Å². The number of hydrogen-bond acceptors (Lipinski definition) is 5. The molecule has 20 heavy (non-hydrogen) atoms. The van der Waals surface area contributed by atoms with Crippen LogP contribution in [0.15, 0.2) is 24.3 Å². The summed E-state index contributed by atoms with van der Waals surface area (Å²) in [7, 11) is 1.48. The molecule has 0 saturated heterocycles. The third-order valence-corrected chi connectivity index (χ3v) is 2.44. The predicted octanol–water partition coefficient (Wildman–Crippen LogP) is 1.11. The fraction of sp³-hybridized carbons (Fsp3) is 0.417. The van der Waals surface area contributed by atoms with E-state index in [1.807, 2.05) is 0 Å². The molecule has 110 valence electrons. The van der Waals surface area contributed by atoms with Gasteiger partial charge in [0.15, 0.2) is 0 Å². The van der Waals surface area contributed by atoms with Crippen molar-refractivity contribution in [3.05, 3.63) is 34.4 Å². The highest BCUT2D eigenvalue weighted by atomic mass is 16.6. The number of carbonyl (C=O) groups is 1. The first-order valence-electron chi connectivity index (χ1n) is 5.99. The number of nitro groups is 1. The Kier molecular flexibility index (Phi) is 6.41. The van der Waals surface area contributed by atoms with Gasteiger partial charge in [0.25, 0.3) is 5.69 Å². The Morgan fingerprint density at radius 3 is 2.95 bits per heavy atom. The number of rotatable bonds is 7. The van der Waals surface area contributed by atoms with Gasteiger partial charge >= 0.3 is 6.03 Å². The molecule has 8 nitrogen and oxygen atoms in total. The summed E-state index contributed by atoms with van der Waals surface area (Å²) in [5.41, 5.74) is 0.229. The summed E-state index contributed by atoms with van der Waals surface area (Å²) < 4.78 is 4.75. The lowest BCUT2D eigenvalue weighted by Crippen LogP contribution is -2.32. The van der Waals surface area contributed by atoms with E-state index >= 15 is 0 Å². The average Bonchev–Trinajstić information content (AvgIpc) is 2.39. The lowest BCUT2D eigenvalue weighted by molar-refractivity contribution is -0.384. The predicted molar refractivity (Wildman–Crippen MR) is 72.6 cm³/mol. The lowest BCUT2D eigenvalue weighted by Gasteiger charge is -2.10. The van der Waals surface area contributed by atoms with Gasteiger partial charge in [0.2, 0.25) is 0 Å². The summed E-state index contributed by atoms with van der Waals surface area (Å²) in [6.07, 6.45) is -0.283. The van der Waals surface area contributed by atoms with E-state index in [4.69, 9.17) is 4.74 Å². The van der Waals surface area contributed by atoms with Crippen molar-refractivity contribution in [2.45, 2.75) is 12.5 Å². The van der Waals surface area contributed by atoms with Gasteiger partial charge in [-0.15, -0.1) is 0 Å². The third kappa shape index (κ3) is 5.63. The number of benzene rings is 1. The summed E-state index contributed by atoms with van der Waals surface area (Å²) in [6, 6.07) is 5.14. The van der Waals surface area contributed by atoms with Crippen molar-refractivity contribution in [3.63, 3.8) is 0 Å². The fourth-order valence-corrected chi connectivity index (χ4v) is 1.50. The van der Waals surface area contributed by atoms with Gasteiger partial charge in [-0.05, 0) is 12.5 Å². The zero-order chi connectivity index (χ0) is 15.0. The minimum atomic E-state index is -0.641. The van der Waals surface area contributed by atoms with Gasteiger partial charge < -0.3 is 20.5 Å². The molecule has 0 aliphatic carbocycles. The number of urea groups is 1. The Morgan fingerprint density at radius 2 is 2.30 bits per heavy atom. The molecule has 2 amide bonds. The summed E-state index contributed by atoms with van der Waals surface area (Å²) in [5.74, 6) is 0. The van der Waals surface area contributed by atoms with Gasteiger partial charge in [-0.2, -0.15) is 0 Å². The first-order chi connectivity index (χ1) is 9.52. The van der Waals surface area contributed by atoms with Crippen LogP contribution in [-0.4, -0.2) is 42.4 Å². The summed E-state index contributed by atoms with van der Waals surface area (Å²) in [4.78, 5) is 21.6. The Balaban J connectivity index is 2.39. The number of carbonyl (C=O) groups excluding carboxylic acids is 1. The molecule has 1 unspecified atom stereocenters. The average molecular weight is 283 g/mol. The number of non-ortho nitro benzene ring substituents is 1. The van der Waals surface area contributed by atoms with Crippen LogP contribution in [0.5, 0.6) is 0 Å². The van der Waals surface area contributed by atoms with Crippen LogP contribution in [0.2, 0.25) is 0 Å². The zero-order valence-corrected chi connectivity index (χ0v) is 11.0. The molecule has 1 atom stereocenters. The number of anilines is 1. The maximum absolute atomic E-state index is 11.5. The number of hydrogen-bond donors (Lipinski definition) is 3. The van der Waals surface area contributed by atoms with Gasteiger partial charge in [0, 0.05) is 31.5 Å². The zero-order valence-electron chi connectivity index (χ0n) is 11.0. The highest BCUT2D eigenvalue weighted by molar-refractivity contribution is 5.89. The third-order valence-electron chi connectivity index (χ3n) is 2.44. The number of aliphatic hydroxyl groups excluding tert-OH is 1. The maximum Gasteiger partial charge on any atom is 0.319 e. The summed E-state index contributed by atoms with van der Waals surface area (Å²) in [5, 5.41) is 25.0. The second-order valence-electron chi connectivity index (χ2n) is 4.09. The number of nitrogens with one attached hydrogen (secondary N) is 2. The van der Waals surface area contributed by atoms with Crippen LogP contribution in [0.3, 0.4) is 0 Å². The normalized spacial score (nSPS) is 11.7. The van der Waals surface area contributed by atoms with Crippen LogP contribution in [-0.2, 0) is 4.74 Å². The SMILES string of the molecule is COCC(O)CCNC(=O)Nc1cccc([N+](=O)[O-])c1. The lowest BCUT2D eigenvalue weighted by atomic mass is 10.2. The van der Waals surface area contributed by atoms with E-state index in [1.165, 1.54) is 25.3 Å². The topological polar surface area (TPSA) is 114 Å². The van der Waals surface area contributed by atoms with Crippen molar-refractivity contribution in [1.29, 1.82) is 0 Å². The Hall–Kier alpha value is -2.19. The second-order valence-corrected chi connectivity index (χ2v) is 4.09. The second kappa shape index (κ2) is 8.08. The number of ether oxygens (including phenoxy) is 1. The Morgan fingerprint density at radius 1 is 1.55 bits per heavy atom. The van der Waals surface area contributed by atoms with Crippen molar-refractivity contribution in [3.8, 4) is 0 Å². The van der Waals surface area contributed by atoms with E-state index in [0.717, 1.165) is 0 Å². The van der Waals surface area contributed by atoms with Crippen molar-refractivity contribution in [1.82, 2.24) is 5.32 Å². The van der Waals surface area contributed by atoms with Gasteiger partial charge in [0.1, 0.15) is 0 Å². The molecular formula is C12H17N3O5. The largest absolute Gasteiger partial charge is 0.391 e. The standard InChI is InChI=1S/C12H17N3O5/c1-20-8-11(16)5-6-13-12(17)14-9-3-2-4-10(7-9)15(18)19/h2-4,7,11,16H,5-6,8H2,1H3,(H2,13,14,17). The van der Waals surface area contributed by atoms with E-state index < -0.39 is 17.1 Å². The smallest absolute Gasteiger partial charge is 0.319 e. The van der Waals surface area contributed by atoms with E-state index in [2.05, 4.69) is 10.6 Å². The van der Waals surface area contributed by atoms with Crippen molar-refractivity contribution >= 4 is 17.4 Å². The minimum Gasteiger partial charge on any atom is -0.391 e. The van der Waals surface area contributed by atoms with Crippen LogP contribution in [0.25, 0.3) is 0 Å². The molecule has 0 heterocycles. The molecule has 0 saturated carbocycles. The summed E-state index contributed by atoms with van der Waals surface area (Å²) in [6.45, 7) is 0.472. The minimum absolute atomic E-state index is 0.0988. The number of nitro benzene ring substituents is 1. The number of methoxy groups -OCH3 is 1. The molecule has 0 bridgehead atoms. The molecule has 1 aromatic carbocycles. The van der Waals surface area contributed by atoms with Gasteiger partial charge in [0.05, 0.1) is 17.6 Å².